The summed E-state index contributed by atoms with van der Waals surface area (Å²) in [5.74, 6) is -1.66. The molecule has 1 aliphatic heterocycles. The average Bonchev–Trinajstić information content (AvgIpc) is 3.32. The van der Waals surface area contributed by atoms with Crippen LogP contribution >= 0.6 is 11.3 Å². The highest BCUT2D eigenvalue weighted by Crippen LogP contribution is 2.19. The molecule has 172 valence electrons. The molecule has 1 fully saturated rings. The number of rotatable bonds is 7. The van der Waals surface area contributed by atoms with Gasteiger partial charge in [-0.1, -0.05) is 12.1 Å². The van der Waals surface area contributed by atoms with Crippen molar-refractivity contribution in [3.8, 4) is 0 Å². The Hall–Kier alpha value is -2.83. The molecular weight excluding hydrogens is 456 g/mol. The van der Waals surface area contributed by atoms with E-state index in [9.17, 15) is 22.8 Å². The van der Waals surface area contributed by atoms with E-state index in [-0.39, 0.29) is 32.0 Å². The lowest BCUT2D eigenvalue weighted by Crippen LogP contribution is -2.62. The maximum absolute atomic E-state index is 13.2. The Labute approximate surface area is 190 Å². The van der Waals surface area contributed by atoms with Crippen LogP contribution in [-0.2, 0) is 30.8 Å². The van der Waals surface area contributed by atoms with E-state index < -0.39 is 34.0 Å². The molecule has 1 saturated heterocycles. The zero-order chi connectivity index (χ0) is 23.3. The van der Waals surface area contributed by atoms with Gasteiger partial charge in [0.1, 0.15) is 12.1 Å². The Balaban J connectivity index is 1.84. The molecular formula is C20H24N4O6S2. The molecule has 2 atom stereocenters. The van der Waals surface area contributed by atoms with Crippen LogP contribution in [0.1, 0.15) is 15.2 Å². The second-order valence-electron chi connectivity index (χ2n) is 7.26. The number of carbonyl (C=O) groups excluding carboxylic acids is 3. The predicted molar refractivity (Wildman–Crippen MR) is 117 cm³/mol. The first-order valence-electron chi connectivity index (χ1n) is 9.77. The van der Waals surface area contributed by atoms with E-state index in [1.807, 2.05) is 0 Å². The Morgan fingerprint density at radius 3 is 2.66 bits per heavy atom. The van der Waals surface area contributed by atoms with Crippen LogP contribution in [0.3, 0.4) is 0 Å². The van der Waals surface area contributed by atoms with E-state index in [0.717, 1.165) is 10.6 Å². The summed E-state index contributed by atoms with van der Waals surface area (Å²) in [6.07, 6.45) is 4.35. The van der Waals surface area contributed by atoms with Gasteiger partial charge in [-0.15, -0.1) is 11.3 Å². The van der Waals surface area contributed by atoms with Crippen molar-refractivity contribution in [1.82, 2.24) is 19.5 Å². The smallest absolute Gasteiger partial charge is 0.328 e. The van der Waals surface area contributed by atoms with E-state index in [0.29, 0.717) is 10.4 Å². The van der Waals surface area contributed by atoms with Crippen LogP contribution in [0, 0.1) is 0 Å². The summed E-state index contributed by atoms with van der Waals surface area (Å²) in [7, 11) is -2.36. The summed E-state index contributed by atoms with van der Waals surface area (Å²) in [4.78, 5) is 44.3. The third-order valence-electron chi connectivity index (χ3n) is 5.07. The van der Waals surface area contributed by atoms with Gasteiger partial charge in [-0.2, -0.15) is 4.31 Å². The molecule has 0 aromatic carbocycles. The minimum absolute atomic E-state index is 0.0490. The lowest BCUT2D eigenvalue weighted by Gasteiger charge is -2.39. The molecule has 0 aliphatic carbocycles. The number of sulfonamides is 1. The molecule has 12 heteroatoms. The quantitative estimate of drug-likeness (QED) is 0.558. The molecule has 2 amide bonds. The van der Waals surface area contributed by atoms with Gasteiger partial charge in [0, 0.05) is 38.4 Å². The van der Waals surface area contributed by atoms with E-state index in [1.54, 1.807) is 42.0 Å². The average molecular weight is 481 g/mol. The zero-order valence-corrected chi connectivity index (χ0v) is 19.3. The number of aromatic nitrogens is 1. The molecule has 0 saturated carbocycles. The summed E-state index contributed by atoms with van der Waals surface area (Å²) < 4.78 is 30.2. The minimum Gasteiger partial charge on any atom is -0.467 e. The predicted octanol–water partition coefficient (Wildman–Crippen LogP) is 0.130. The molecule has 3 rings (SSSR count). The van der Waals surface area contributed by atoms with Crippen LogP contribution < -0.4 is 5.32 Å². The fraction of sp³-hybridized carbons (Fsp3) is 0.400. The number of nitrogens with one attached hydrogen (secondary N) is 1. The van der Waals surface area contributed by atoms with Crippen molar-refractivity contribution < 1.29 is 27.5 Å². The number of methoxy groups -OCH3 is 1. The highest BCUT2D eigenvalue weighted by molar-refractivity contribution is 7.88. The van der Waals surface area contributed by atoms with Crippen LogP contribution in [-0.4, -0.2) is 85.5 Å². The zero-order valence-electron chi connectivity index (χ0n) is 17.6. The second-order valence-corrected chi connectivity index (χ2v) is 10.2. The van der Waals surface area contributed by atoms with Gasteiger partial charge in [0.25, 0.3) is 5.91 Å². The second kappa shape index (κ2) is 10.2. The molecule has 0 bridgehead atoms. The monoisotopic (exact) mass is 480 g/mol. The number of pyridine rings is 1. The van der Waals surface area contributed by atoms with Crippen molar-refractivity contribution in [3.05, 3.63) is 52.5 Å². The molecule has 2 aromatic rings. The Morgan fingerprint density at radius 1 is 1.28 bits per heavy atom. The van der Waals surface area contributed by atoms with Gasteiger partial charge in [-0.3, -0.25) is 14.6 Å². The van der Waals surface area contributed by atoms with Crippen LogP contribution in [0.4, 0.5) is 0 Å². The van der Waals surface area contributed by atoms with E-state index >= 15 is 0 Å². The highest BCUT2D eigenvalue weighted by Gasteiger charge is 2.40. The summed E-state index contributed by atoms with van der Waals surface area (Å²) in [6, 6.07) is 4.70. The Bertz CT molecular complexity index is 1060. The topological polar surface area (TPSA) is 126 Å². The summed E-state index contributed by atoms with van der Waals surface area (Å²) in [5.41, 5.74) is 0.705. The Kier molecular flexibility index (Phi) is 7.59. The van der Waals surface area contributed by atoms with E-state index in [1.165, 1.54) is 23.3 Å². The molecule has 10 nitrogen and oxygen atoms in total. The van der Waals surface area contributed by atoms with Gasteiger partial charge in [0.05, 0.1) is 18.2 Å². The van der Waals surface area contributed by atoms with Gasteiger partial charge in [0.15, 0.2) is 0 Å². The molecule has 1 aliphatic rings. The highest BCUT2D eigenvalue weighted by atomic mass is 32.2. The number of amides is 2. The molecule has 32 heavy (non-hydrogen) atoms. The first-order chi connectivity index (χ1) is 15.2. The van der Waals surface area contributed by atoms with Crippen molar-refractivity contribution in [2.75, 3.05) is 33.0 Å². The number of hydrogen-bond donors (Lipinski definition) is 1. The maximum Gasteiger partial charge on any atom is 0.328 e. The standard InChI is InChI=1S/C20H24N4O6S2/c1-30-20(27)15(11-14-5-3-7-21-12-14)22-18(25)16-13-23(32(2,28)29)8-9-24(16)19(26)17-6-4-10-31-17/h3-7,10,12,15-16H,8-9,11,13H2,1-2H3,(H,22,25). The van der Waals surface area contributed by atoms with Crippen molar-refractivity contribution in [2.24, 2.45) is 0 Å². The van der Waals surface area contributed by atoms with Gasteiger partial charge >= 0.3 is 5.97 Å². The largest absolute Gasteiger partial charge is 0.467 e. The fourth-order valence-electron chi connectivity index (χ4n) is 3.43. The maximum atomic E-state index is 13.2. The SMILES string of the molecule is COC(=O)C(Cc1cccnc1)NC(=O)C1CN(S(C)(=O)=O)CCN1C(=O)c1cccs1. The molecule has 0 radical (unpaired) electrons. The Morgan fingerprint density at radius 2 is 2.06 bits per heavy atom. The lowest BCUT2D eigenvalue weighted by molar-refractivity contribution is -0.145. The third-order valence-corrected chi connectivity index (χ3v) is 7.20. The summed E-state index contributed by atoms with van der Waals surface area (Å²) in [5, 5.41) is 4.38. The van der Waals surface area contributed by atoms with E-state index in [2.05, 4.69) is 10.3 Å². The number of hydrogen-bond acceptors (Lipinski definition) is 8. The summed E-state index contributed by atoms with van der Waals surface area (Å²) in [6.45, 7) is -0.0776. The number of carbonyl (C=O) groups is 3. The van der Waals surface area contributed by atoms with Crippen molar-refractivity contribution >= 4 is 39.1 Å². The van der Waals surface area contributed by atoms with Gasteiger partial charge in [-0.05, 0) is 23.1 Å². The molecule has 3 heterocycles. The summed E-state index contributed by atoms with van der Waals surface area (Å²) >= 11 is 1.23. The number of nitrogens with zero attached hydrogens (tertiary/aromatic N) is 3. The van der Waals surface area contributed by atoms with Crippen LogP contribution in [0.15, 0.2) is 42.0 Å². The van der Waals surface area contributed by atoms with Crippen LogP contribution in [0.25, 0.3) is 0 Å². The third kappa shape index (κ3) is 5.69. The van der Waals surface area contributed by atoms with Gasteiger partial charge in [0.2, 0.25) is 15.9 Å². The first-order valence-corrected chi connectivity index (χ1v) is 12.5. The van der Waals surface area contributed by atoms with Crippen LogP contribution in [0.5, 0.6) is 0 Å². The van der Waals surface area contributed by atoms with E-state index in [4.69, 9.17) is 4.74 Å². The number of esters is 1. The fourth-order valence-corrected chi connectivity index (χ4v) is 4.93. The first kappa shape index (κ1) is 23.8. The number of ether oxygens (including phenoxy) is 1. The van der Waals surface area contributed by atoms with Crippen LogP contribution in [0.2, 0.25) is 0 Å². The normalized spacial score (nSPS) is 18.1. The molecule has 2 aromatic heterocycles. The van der Waals surface area contributed by atoms with Gasteiger partial charge < -0.3 is 15.0 Å². The van der Waals surface area contributed by atoms with Crippen molar-refractivity contribution in [2.45, 2.75) is 18.5 Å². The van der Waals surface area contributed by atoms with Gasteiger partial charge in [-0.25, -0.2) is 13.2 Å². The lowest BCUT2D eigenvalue weighted by atomic mass is 10.1. The van der Waals surface area contributed by atoms with Crippen molar-refractivity contribution in [3.63, 3.8) is 0 Å². The number of piperazine rings is 1. The number of thiophene rings is 1. The minimum atomic E-state index is -3.58. The van der Waals surface area contributed by atoms with Crippen molar-refractivity contribution in [1.29, 1.82) is 0 Å². The molecule has 2 unspecified atom stereocenters. The molecule has 0 spiro atoms. The molecule has 1 N–H and O–H groups in total.